The van der Waals surface area contributed by atoms with Gasteiger partial charge in [0.2, 0.25) is 0 Å². The van der Waals surface area contributed by atoms with Gasteiger partial charge in [-0.2, -0.15) is 0 Å². The summed E-state index contributed by atoms with van der Waals surface area (Å²) in [5, 5.41) is 22.0. The second-order valence-corrected chi connectivity index (χ2v) is 12.7. The molecule has 0 atom stereocenters. The third-order valence-corrected chi connectivity index (χ3v) is 5.53. The fourth-order valence-corrected chi connectivity index (χ4v) is 3.55. The summed E-state index contributed by atoms with van der Waals surface area (Å²) in [5.74, 6) is -0.674. The summed E-state index contributed by atoms with van der Waals surface area (Å²) in [6, 6.07) is 8.05. The lowest BCUT2D eigenvalue weighted by Crippen LogP contribution is -2.18. The molecule has 0 saturated heterocycles. The second kappa shape index (κ2) is 7.09. The molecule has 0 aliphatic carbocycles. The SMILES string of the molecule is CC(=O)Oc1c(C=CCC[Si](C)(C)C)c(O)c2ccccc2c1O. The van der Waals surface area contributed by atoms with Crippen molar-refractivity contribution < 1.29 is 19.7 Å². The molecule has 0 radical (unpaired) electrons. The molecular weight excluding hydrogens is 320 g/mol. The van der Waals surface area contributed by atoms with E-state index in [0.29, 0.717) is 16.3 Å². The minimum atomic E-state index is -1.15. The molecule has 0 spiro atoms. The van der Waals surface area contributed by atoms with Gasteiger partial charge in [-0.25, -0.2) is 0 Å². The van der Waals surface area contributed by atoms with Crippen molar-refractivity contribution >= 4 is 30.9 Å². The van der Waals surface area contributed by atoms with Crippen LogP contribution in [0, 0.1) is 0 Å². The number of hydrogen-bond acceptors (Lipinski definition) is 4. The van der Waals surface area contributed by atoms with E-state index in [-0.39, 0.29) is 17.2 Å². The van der Waals surface area contributed by atoms with Crippen molar-refractivity contribution in [3.05, 3.63) is 35.9 Å². The number of phenolic OH excluding ortho intramolecular Hbond substituents is 2. The highest BCUT2D eigenvalue weighted by atomic mass is 28.3. The number of carbonyl (C=O) groups is 1. The molecule has 4 nitrogen and oxygen atoms in total. The molecule has 0 aliphatic heterocycles. The summed E-state index contributed by atoms with van der Waals surface area (Å²) in [5.41, 5.74) is 0.331. The van der Waals surface area contributed by atoms with E-state index in [4.69, 9.17) is 4.74 Å². The number of esters is 1. The van der Waals surface area contributed by atoms with Gasteiger partial charge in [0, 0.05) is 25.8 Å². The summed E-state index contributed by atoms with van der Waals surface area (Å²) < 4.78 is 5.17. The third-order valence-electron chi connectivity index (χ3n) is 3.74. The number of carbonyl (C=O) groups excluding carboxylic acids is 1. The summed E-state index contributed by atoms with van der Waals surface area (Å²) >= 11 is 0. The van der Waals surface area contributed by atoms with Crippen molar-refractivity contribution in [3.63, 3.8) is 0 Å². The van der Waals surface area contributed by atoms with E-state index in [1.165, 1.54) is 6.92 Å². The maximum Gasteiger partial charge on any atom is 0.308 e. The first kappa shape index (κ1) is 18.1. The van der Waals surface area contributed by atoms with E-state index in [1.807, 2.05) is 6.08 Å². The van der Waals surface area contributed by atoms with E-state index in [9.17, 15) is 15.0 Å². The van der Waals surface area contributed by atoms with Gasteiger partial charge in [0.25, 0.3) is 0 Å². The van der Waals surface area contributed by atoms with E-state index in [1.54, 1.807) is 30.3 Å². The molecule has 2 aromatic carbocycles. The number of ether oxygens (including phenoxy) is 1. The molecule has 0 unspecified atom stereocenters. The van der Waals surface area contributed by atoms with Crippen molar-refractivity contribution in [3.8, 4) is 17.2 Å². The molecule has 0 saturated carbocycles. The number of benzene rings is 2. The monoisotopic (exact) mass is 344 g/mol. The maximum absolute atomic E-state index is 11.4. The average molecular weight is 344 g/mol. The van der Waals surface area contributed by atoms with Gasteiger partial charge in [-0.1, -0.05) is 62.1 Å². The predicted octanol–water partition coefficient (Wildman–Crippen LogP) is 4.92. The Bertz CT molecular complexity index is 788. The van der Waals surface area contributed by atoms with Crippen LogP contribution in [0.25, 0.3) is 16.8 Å². The maximum atomic E-state index is 11.4. The van der Waals surface area contributed by atoms with Crippen LogP contribution in [0.5, 0.6) is 17.2 Å². The molecule has 0 aromatic heterocycles. The van der Waals surface area contributed by atoms with Crippen LogP contribution in [-0.2, 0) is 4.79 Å². The fraction of sp³-hybridized carbons (Fsp3) is 0.316. The van der Waals surface area contributed by atoms with Gasteiger partial charge >= 0.3 is 5.97 Å². The Morgan fingerprint density at radius 1 is 1.12 bits per heavy atom. The van der Waals surface area contributed by atoms with Crippen molar-refractivity contribution in [2.75, 3.05) is 0 Å². The zero-order valence-electron chi connectivity index (χ0n) is 14.6. The van der Waals surface area contributed by atoms with Gasteiger partial charge in [-0.05, 0) is 6.42 Å². The molecular formula is C19H24O4Si. The summed E-state index contributed by atoms with van der Waals surface area (Å²) in [7, 11) is -1.15. The molecule has 128 valence electrons. The van der Waals surface area contributed by atoms with Crippen LogP contribution in [0.3, 0.4) is 0 Å². The highest BCUT2D eigenvalue weighted by Gasteiger charge is 2.20. The molecule has 24 heavy (non-hydrogen) atoms. The first-order valence-electron chi connectivity index (χ1n) is 8.02. The summed E-state index contributed by atoms with van der Waals surface area (Å²) in [4.78, 5) is 11.4. The predicted molar refractivity (Wildman–Crippen MR) is 100 cm³/mol. The van der Waals surface area contributed by atoms with Crippen LogP contribution in [0.4, 0.5) is 0 Å². The lowest BCUT2D eigenvalue weighted by atomic mass is 10.0. The molecule has 2 N–H and O–H groups in total. The van der Waals surface area contributed by atoms with Crippen LogP contribution in [0.15, 0.2) is 30.3 Å². The fourth-order valence-electron chi connectivity index (χ4n) is 2.52. The number of fused-ring (bicyclic) bond motifs is 1. The molecule has 0 heterocycles. The van der Waals surface area contributed by atoms with Gasteiger partial charge in [-0.3, -0.25) is 4.79 Å². The first-order chi connectivity index (χ1) is 11.2. The van der Waals surface area contributed by atoms with E-state index >= 15 is 0 Å². The van der Waals surface area contributed by atoms with Crippen molar-refractivity contribution in [1.82, 2.24) is 0 Å². The Morgan fingerprint density at radius 2 is 1.71 bits per heavy atom. The molecule has 0 aliphatic rings. The standard InChI is InChI=1S/C19H24O4Si/c1-13(20)23-19-16(11-7-8-12-24(2,3)4)17(21)14-9-5-6-10-15(14)18(19)22/h5-7,9-11,21-22H,8,12H2,1-4H3. The summed E-state index contributed by atoms with van der Waals surface area (Å²) in [6.45, 7) is 8.16. The van der Waals surface area contributed by atoms with Crippen LogP contribution < -0.4 is 4.74 Å². The number of rotatable bonds is 5. The Morgan fingerprint density at radius 3 is 2.25 bits per heavy atom. The quantitative estimate of drug-likeness (QED) is 0.350. The lowest BCUT2D eigenvalue weighted by Gasteiger charge is -2.15. The smallest absolute Gasteiger partial charge is 0.308 e. The minimum absolute atomic E-state index is 0.00273. The van der Waals surface area contributed by atoms with Gasteiger partial charge < -0.3 is 14.9 Å². The zero-order valence-corrected chi connectivity index (χ0v) is 15.6. The van der Waals surface area contributed by atoms with Crippen molar-refractivity contribution in [2.45, 2.75) is 39.0 Å². The molecule has 0 bridgehead atoms. The van der Waals surface area contributed by atoms with Gasteiger partial charge in [0.05, 0.1) is 5.56 Å². The second-order valence-electron chi connectivity index (χ2n) is 7.08. The Labute approximate surface area is 143 Å². The normalized spacial score (nSPS) is 12.0. The lowest BCUT2D eigenvalue weighted by molar-refractivity contribution is -0.132. The number of aromatic hydroxyl groups is 2. The molecule has 0 fully saturated rings. The van der Waals surface area contributed by atoms with Gasteiger partial charge in [0.1, 0.15) is 5.75 Å². The average Bonchev–Trinajstić information content (AvgIpc) is 2.50. The Kier molecular flexibility index (Phi) is 5.34. The third kappa shape index (κ3) is 4.17. The topological polar surface area (TPSA) is 66.8 Å². The number of phenols is 2. The molecule has 2 aromatic rings. The molecule has 0 amide bonds. The zero-order chi connectivity index (χ0) is 17.9. The highest BCUT2D eigenvalue weighted by Crippen LogP contribution is 2.45. The van der Waals surface area contributed by atoms with Crippen molar-refractivity contribution in [1.29, 1.82) is 0 Å². The van der Waals surface area contributed by atoms with E-state index in [0.717, 1.165) is 12.5 Å². The molecule has 2 rings (SSSR count). The Hall–Kier alpha value is -2.27. The van der Waals surface area contributed by atoms with E-state index < -0.39 is 14.0 Å². The van der Waals surface area contributed by atoms with E-state index in [2.05, 4.69) is 19.6 Å². The Balaban J connectivity index is 2.51. The van der Waals surface area contributed by atoms with Crippen LogP contribution >= 0.6 is 0 Å². The largest absolute Gasteiger partial charge is 0.507 e. The number of allylic oxidation sites excluding steroid dienone is 1. The summed E-state index contributed by atoms with van der Waals surface area (Å²) in [6.07, 6.45) is 4.55. The minimum Gasteiger partial charge on any atom is -0.507 e. The van der Waals surface area contributed by atoms with Gasteiger partial charge in [0.15, 0.2) is 11.5 Å². The van der Waals surface area contributed by atoms with Gasteiger partial charge in [-0.15, -0.1) is 0 Å². The van der Waals surface area contributed by atoms with Crippen LogP contribution in [-0.4, -0.2) is 24.3 Å². The first-order valence-corrected chi connectivity index (χ1v) is 11.7. The molecule has 5 heteroatoms. The van der Waals surface area contributed by atoms with Crippen molar-refractivity contribution in [2.24, 2.45) is 0 Å². The number of hydrogen-bond donors (Lipinski definition) is 2. The van der Waals surface area contributed by atoms with Crippen LogP contribution in [0.2, 0.25) is 25.7 Å². The van der Waals surface area contributed by atoms with Crippen LogP contribution in [0.1, 0.15) is 18.9 Å². The highest BCUT2D eigenvalue weighted by molar-refractivity contribution is 6.76.